The molecule has 0 saturated heterocycles. The minimum absolute atomic E-state index is 0.711. The van der Waals surface area contributed by atoms with Crippen LogP contribution >= 0.6 is 0 Å². The number of rotatable bonds is 1. The molecule has 18 heavy (non-hydrogen) atoms. The summed E-state index contributed by atoms with van der Waals surface area (Å²) in [6.07, 6.45) is 2.32. The topological polar surface area (TPSA) is 35.8 Å². The summed E-state index contributed by atoms with van der Waals surface area (Å²) >= 11 is 0. The first-order chi connectivity index (χ1) is 8.86. The number of nitriles is 1. The Balaban J connectivity index is 2.04. The Morgan fingerprint density at radius 2 is 1.94 bits per heavy atom. The summed E-state index contributed by atoms with van der Waals surface area (Å²) in [4.78, 5) is 0. The quantitative estimate of drug-likeness (QED) is 0.818. The van der Waals surface area contributed by atoms with Crippen LogP contribution in [0.25, 0.3) is 11.1 Å². The van der Waals surface area contributed by atoms with Crippen molar-refractivity contribution in [1.29, 1.82) is 5.26 Å². The summed E-state index contributed by atoms with van der Waals surface area (Å²) in [6, 6.07) is 16.5. The Bertz CT molecular complexity index is 623. The molecule has 0 saturated carbocycles. The molecule has 0 aromatic heterocycles. The van der Waals surface area contributed by atoms with Crippen molar-refractivity contribution < 1.29 is 0 Å². The molecule has 1 aliphatic heterocycles. The zero-order chi connectivity index (χ0) is 12.4. The fourth-order valence-electron chi connectivity index (χ4n) is 2.42. The van der Waals surface area contributed by atoms with E-state index in [1.54, 1.807) is 0 Å². The second-order valence-electron chi connectivity index (χ2n) is 4.59. The molecule has 2 aromatic carbocycles. The lowest BCUT2D eigenvalue weighted by atomic mass is 9.96. The van der Waals surface area contributed by atoms with Crippen molar-refractivity contribution in [3.8, 4) is 17.2 Å². The summed E-state index contributed by atoms with van der Waals surface area (Å²) in [6.45, 7) is 1.07. The van der Waals surface area contributed by atoms with Crippen LogP contribution < -0.4 is 5.32 Å². The van der Waals surface area contributed by atoms with E-state index in [2.05, 4.69) is 35.7 Å². The minimum atomic E-state index is 0.711. The molecule has 1 N–H and O–H groups in total. The van der Waals surface area contributed by atoms with Crippen molar-refractivity contribution in [2.75, 3.05) is 11.9 Å². The maximum atomic E-state index is 8.94. The molecule has 1 aliphatic rings. The maximum absolute atomic E-state index is 8.94. The number of hydrogen-bond acceptors (Lipinski definition) is 2. The standard InChI is InChI=1S/C16H14N2/c17-11-12-3-1-4-13(9-12)14-6-7-16-15(10-14)5-2-8-18-16/h1,3-4,6-7,9-10,18H,2,5,8H2. The molecule has 0 radical (unpaired) electrons. The van der Waals surface area contributed by atoms with Crippen molar-refractivity contribution >= 4 is 5.69 Å². The molecular weight excluding hydrogens is 220 g/mol. The number of nitrogens with zero attached hydrogens (tertiary/aromatic N) is 1. The zero-order valence-corrected chi connectivity index (χ0v) is 10.1. The molecule has 0 spiro atoms. The molecule has 0 unspecified atom stereocenters. The van der Waals surface area contributed by atoms with Gasteiger partial charge in [-0.25, -0.2) is 0 Å². The van der Waals surface area contributed by atoms with Crippen LogP contribution in [0.1, 0.15) is 17.5 Å². The van der Waals surface area contributed by atoms with E-state index in [-0.39, 0.29) is 0 Å². The molecule has 0 amide bonds. The summed E-state index contributed by atoms with van der Waals surface area (Å²) in [5.74, 6) is 0. The third-order valence-corrected chi connectivity index (χ3v) is 3.37. The molecule has 2 aromatic rings. The van der Waals surface area contributed by atoms with E-state index in [0.717, 1.165) is 18.5 Å². The molecule has 2 nitrogen and oxygen atoms in total. The second-order valence-corrected chi connectivity index (χ2v) is 4.59. The van der Waals surface area contributed by atoms with Gasteiger partial charge in [-0.3, -0.25) is 0 Å². The summed E-state index contributed by atoms with van der Waals surface area (Å²) in [5, 5.41) is 12.4. The van der Waals surface area contributed by atoms with Crippen LogP contribution in [-0.4, -0.2) is 6.54 Å². The van der Waals surface area contributed by atoms with Gasteiger partial charge in [0.1, 0.15) is 0 Å². The van der Waals surface area contributed by atoms with E-state index in [0.29, 0.717) is 5.56 Å². The number of benzene rings is 2. The van der Waals surface area contributed by atoms with Gasteiger partial charge in [-0.2, -0.15) is 5.26 Å². The van der Waals surface area contributed by atoms with Crippen LogP contribution in [0.2, 0.25) is 0 Å². The van der Waals surface area contributed by atoms with Crippen molar-refractivity contribution in [3.63, 3.8) is 0 Å². The van der Waals surface area contributed by atoms with Crippen LogP contribution in [0.3, 0.4) is 0 Å². The highest BCUT2D eigenvalue weighted by Crippen LogP contribution is 2.28. The molecule has 0 fully saturated rings. The third kappa shape index (κ3) is 1.96. The van der Waals surface area contributed by atoms with Gasteiger partial charge in [0.25, 0.3) is 0 Å². The van der Waals surface area contributed by atoms with Gasteiger partial charge in [-0.15, -0.1) is 0 Å². The maximum Gasteiger partial charge on any atom is 0.0991 e. The number of fused-ring (bicyclic) bond motifs is 1. The van der Waals surface area contributed by atoms with Crippen LogP contribution in [-0.2, 0) is 6.42 Å². The largest absolute Gasteiger partial charge is 0.385 e. The number of nitrogens with one attached hydrogen (secondary N) is 1. The van der Waals surface area contributed by atoms with Gasteiger partial charge < -0.3 is 5.32 Å². The van der Waals surface area contributed by atoms with E-state index in [9.17, 15) is 0 Å². The summed E-state index contributed by atoms with van der Waals surface area (Å²) in [5.41, 5.74) is 5.64. The highest BCUT2D eigenvalue weighted by molar-refractivity contribution is 5.70. The number of anilines is 1. The Labute approximate surface area is 107 Å². The predicted octanol–water partition coefficient (Wildman–Crippen LogP) is 3.58. The monoisotopic (exact) mass is 234 g/mol. The lowest BCUT2D eigenvalue weighted by molar-refractivity contribution is 0.830. The van der Waals surface area contributed by atoms with Crippen molar-refractivity contribution in [2.24, 2.45) is 0 Å². The predicted molar refractivity (Wildman–Crippen MR) is 73.4 cm³/mol. The van der Waals surface area contributed by atoms with Gasteiger partial charge in [-0.1, -0.05) is 18.2 Å². The highest BCUT2D eigenvalue weighted by atomic mass is 14.9. The zero-order valence-electron chi connectivity index (χ0n) is 10.1. The first-order valence-electron chi connectivity index (χ1n) is 6.24. The molecule has 88 valence electrons. The normalized spacial score (nSPS) is 13.3. The van der Waals surface area contributed by atoms with E-state index in [1.807, 2.05) is 18.2 Å². The summed E-state index contributed by atoms with van der Waals surface area (Å²) in [7, 11) is 0. The van der Waals surface area contributed by atoms with Gasteiger partial charge >= 0.3 is 0 Å². The van der Waals surface area contributed by atoms with Gasteiger partial charge in [0.2, 0.25) is 0 Å². The molecule has 0 aliphatic carbocycles. The van der Waals surface area contributed by atoms with E-state index >= 15 is 0 Å². The summed E-state index contributed by atoms with van der Waals surface area (Å²) < 4.78 is 0. The third-order valence-electron chi connectivity index (χ3n) is 3.37. The Kier molecular flexibility index (Phi) is 2.74. The van der Waals surface area contributed by atoms with Crippen LogP contribution in [0.15, 0.2) is 42.5 Å². The Morgan fingerprint density at radius 1 is 1.06 bits per heavy atom. The first kappa shape index (κ1) is 10.9. The minimum Gasteiger partial charge on any atom is -0.385 e. The molecule has 3 rings (SSSR count). The van der Waals surface area contributed by atoms with Crippen molar-refractivity contribution in [3.05, 3.63) is 53.6 Å². The molecule has 1 heterocycles. The van der Waals surface area contributed by atoms with E-state index < -0.39 is 0 Å². The Morgan fingerprint density at radius 3 is 2.83 bits per heavy atom. The van der Waals surface area contributed by atoms with Crippen molar-refractivity contribution in [2.45, 2.75) is 12.8 Å². The lowest BCUT2D eigenvalue weighted by Crippen LogP contribution is -2.11. The average Bonchev–Trinajstić information content (AvgIpc) is 2.47. The van der Waals surface area contributed by atoms with Gasteiger partial charge in [0.15, 0.2) is 0 Å². The van der Waals surface area contributed by atoms with Crippen LogP contribution in [0.4, 0.5) is 5.69 Å². The Hall–Kier alpha value is -2.27. The highest BCUT2D eigenvalue weighted by Gasteiger charge is 2.09. The lowest BCUT2D eigenvalue weighted by Gasteiger charge is -2.18. The number of hydrogen-bond donors (Lipinski definition) is 1. The smallest absolute Gasteiger partial charge is 0.0991 e. The van der Waals surface area contributed by atoms with Gasteiger partial charge in [-0.05, 0) is 53.8 Å². The first-order valence-corrected chi connectivity index (χ1v) is 6.24. The van der Waals surface area contributed by atoms with E-state index in [4.69, 9.17) is 5.26 Å². The van der Waals surface area contributed by atoms with Gasteiger partial charge in [0.05, 0.1) is 11.6 Å². The fourth-order valence-corrected chi connectivity index (χ4v) is 2.42. The average molecular weight is 234 g/mol. The van der Waals surface area contributed by atoms with Gasteiger partial charge in [0, 0.05) is 12.2 Å². The molecule has 0 atom stereocenters. The van der Waals surface area contributed by atoms with Crippen LogP contribution in [0, 0.1) is 11.3 Å². The number of aryl methyl sites for hydroxylation is 1. The fraction of sp³-hybridized carbons (Fsp3) is 0.188. The molecular formula is C16H14N2. The van der Waals surface area contributed by atoms with Crippen molar-refractivity contribution in [1.82, 2.24) is 0 Å². The molecule has 0 bridgehead atoms. The SMILES string of the molecule is N#Cc1cccc(-c2ccc3c(c2)CCCN3)c1. The second kappa shape index (κ2) is 4.54. The van der Waals surface area contributed by atoms with Crippen LogP contribution in [0.5, 0.6) is 0 Å². The van der Waals surface area contributed by atoms with E-state index in [1.165, 1.54) is 23.2 Å². The molecule has 2 heteroatoms.